The van der Waals surface area contributed by atoms with Gasteiger partial charge in [-0.15, -0.1) is 11.3 Å². The van der Waals surface area contributed by atoms with Gasteiger partial charge in [-0.2, -0.15) is 0 Å². The van der Waals surface area contributed by atoms with Gasteiger partial charge in [0.15, 0.2) is 0 Å². The quantitative estimate of drug-likeness (QED) is 0.496. The van der Waals surface area contributed by atoms with Crippen LogP contribution >= 0.6 is 11.3 Å². The van der Waals surface area contributed by atoms with Gasteiger partial charge in [-0.3, -0.25) is 19.4 Å². The summed E-state index contributed by atoms with van der Waals surface area (Å²) < 4.78 is 0. The van der Waals surface area contributed by atoms with Crippen LogP contribution in [0.1, 0.15) is 90.4 Å². The van der Waals surface area contributed by atoms with E-state index in [1.165, 1.54) is 78.3 Å². The fraction of sp³-hybridized carbons (Fsp3) is 0.581. The Morgan fingerprint density at radius 1 is 1.20 bits per heavy atom. The minimum absolute atomic E-state index is 0.212. The van der Waals surface area contributed by atoms with Crippen molar-refractivity contribution in [1.82, 2.24) is 25.1 Å². The molecule has 2 fully saturated rings. The van der Waals surface area contributed by atoms with Crippen molar-refractivity contribution in [3.63, 3.8) is 0 Å². The third kappa shape index (κ3) is 7.40. The average molecular weight is 579 g/mol. The number of fused-ring (bicyclic) bond motifs is 2. The fourth-order valence-electron chi connectivity index (χ4n) is 5.70. The first kappa shape index (κ1) is 29.4. The summed E-state index contributed by atoms with van der Waals surface area (Å²) in [6.45, 7) is 9.95. The largest absolute Gasteiger partial charge is 0.352 e. The Morgan fingerprint density at radius 3 is 2.66 bits per heavy atom. The summed E-state index contributed by atoms with van der Waals surface area (Å²) in [5.74, 6) is -0.491. The first-order valence-electron chi connectivity index (χ1n) is 15.1. The Morgan fingerprint density at radius 2 is 1.98 bits per heavy atom. The topological polar surface area (TPSA) is 108 Å². The molecule has 0 radical (unpaired) electrons. The highest BCUT2D eigenvalue weighted by Gasteiger charge is 2.33. The Bertz CT molecular complexity index is 1290. The number of nitrogens with one attached hydrogen (secondary N) is 2. The summed E-state index contributed by atoms with van der Waals surface area (Å²) in [6.07, 6.45) is 14.6. The molecule has 2 aromatic rings. The van der Waals surface area contributed by atoms with Gasteiger partial charge in [0.05, 0.1) is 33.8 Å². The summed E-state index contributed by atoms with van der Waals surface area (Å²) in [7, 11) is 0. The van der Waals surface area contributed by atoms with Crippen LogP contribution in [0.4, 0.5) is 5.69 Å². The van der Waals surface area contributed by atoms with Gasteiger partial charge in [-0.1, -0.05) is 19.9 Å². The van der Waals surface area contributed by atoms with E-state index in [4.69, 9.17) is 4.98 Å². The van der Waals surface area contributed by atoms with Crippen molar-refractivity contribution in [3.8, 4) is 0 Å². The molecule has 0 bridgehead atoms. The van der Waals surface area contributed by atoms with E-state index in [1.807, 2.05) is 32.1 Å². The van der Waals surface area contributed by atoms with Crippen molar-refractivity contribution in [2.24, 2.45) is 5.92 Å². The Kier molecular flexibility index (Phi) is 9.49. The lowest BCUT2D eigenvalue weighted by molar-refractivity contribution is -0.143. The minimum atomic E-state index is -0.717. The number of hydrogen-bond donors (Lipinski definition) is 2. The minimum Gasteiger partial charge on any atom is -0.352 e. The maximum absolute atomic E-state index is 12.2. The molecule has 2 aromatic heterocycles. The summed E-state index contributed by atoms with van der Waals surface area (Å²) in [4.78, 5) is 50.9. The van der Waals surface area contributed by atoms with Crippen molar-refractivity contribution in [3.05, 3.63) is 45.2 Å². The van der Waals surface area contributed by atoms with Crippen molar-refractivity contribution >= 4 is 40.8 Å². The molecule has 0 spiro atoms. The van der Waals surface area contributed by atoms with Crippen molar-refractivity contribution in [2.75, 3.05) is 38.0 Å². The summed E-state index contributed by atoms with van der Waals surface area (Å²) in [5, 5.41) is 6.67. The zero-order valence-electron chi connectivity index (χ0n) is 24.4. The van der Waals surface area contributed by atoms with Crippen LogP contribution in [0, 0.1) is 5.92 Å². The molecular formula is C31H42N6O3S. The number of hydrogen-bond acceptors (Lipinski definition) is 7. The number of carbonyl (C=O) groups excluding carboxylic acids is 3. The van der Waals surface area contributed by atoms with Gasteiger partial charge in [0.1, 0.15) is 0 Å². The van der Waals surface area contributed by atoms with Gasteiger partial charge >= 0.3 is 11.8 Å². The lowest BCUT2D eigenvalue weighted by Gasteiger charge is -2.30. The van der Waals surface area contributed by atoms with Crippen LogP contribution in [0.5, 0.6) is 0 Å². The molecule has 41 heavy (non-hydrogen) atoms. The van der Waals surface area contributed by atoms with Crippen LogP contribution in [-0.4, -0.2) is 76.3 Å². The summed E-state index contributed by atoms with van der Waals surface area (Å²) in [5.41, 5.74) is 2.76. The van der Waals surface area contributed by atoms with E-state index in [-0.39, 0.29) is 11.8 Å². The molecule has 1 saturated heterocycles. The molecule has 10 heteroatoms. The molecule has 0 atom stereocenters. The molecule has 0 aromatic carbocycles. The third-order valence-electron chi connectivity index (χ3n) is 8.07. The SMILES string of the molecule is C1=Cc2nc(C3CCN(C4CC4)CC3)sc2CC1.CCN(CC(C)C)C(=O)C(=O)Nc1cnc2c(c1)C(=O)NCC2. The predicted molar refractivity (Wildman–Crippen MR) is 162 cm³/mol. The normalized spacial score (nSPS) is 18.6. The predicted octanol–water partition coefficient (Wildman–Crippen LogP) is 4.25. The van der Waals surface area contributed by atoms with Crippen molar-refractivity contribution in [1.29, 1.82) is 0 Å². The second kappa shape index (κ2) is 13.2. The lowest BCUT2D eigenvalue weighted by Crippen LogP contribution is -2.41. The number of nitrogens with zero attached hydrogens (tertiary/aromatic N) is 4. The van der Waals surface area contributed by atoms with Gasteiger partial charge in [0, 0.05) is 42.9 Å². The fourth-order valence-corrected chi connectivity index (χ4v) is 6.94. The van der Waals surface area contributed by atoms with E-state index < -0.39 is 11.8 Å². The monoisotopic (exact) mass is 578 g/mol. The molecule has 4 heterocycles. The molecule has 2 N–H and O–H groups in total. The average Bonchev–Trinajstić information content (AvgIpc) is 3.74. The number of anilines is 1. The molecule has 9 nitrogen and oxygen atoms in total. The molecule has 4 aliphatic rings. The van der Waals surface area contributed by atoms with Gasteiger partial charge in [0.25, 0.3) is 5.91 Å². The molecule has 1 saturated carbocycles. The second-order valence-corrected chi connectivity index (χ2v) is 12.9. The highest BCUT2D eigenvalue weighted by Crippen LogP contribution is 2.37. The molecular weight excluding hydrogens is 536 g/mol. The number of pyridine rings is 1. The highest BCUT2D eigenvalue weighted by atomic mass is 32.1. The Hall–Kier alpha value is -3.11. The molecule has 2 aliphatic heterocycles. The molecule has 220 valence electrons. The highest BCUT2D eigenvalue weighted by molar-refractivity contribution is 7.12. The van der Waals surface area contributed by atoms with Gasteiger partial charge in [0.2, 0.25) is 0 Å². The van der Waals surface area contributed by atoms with Crippen LogP contribution in [0.15, 0.2) is 18.3 Å². The van der Waals surface area contributed by atoms with Gasteiger partial charge in [-0.25, -0.2) is 4.98 Å². The van der Waals surface area contributed by atoms with Crippen LogP contribution in [0.3, 0.4) is 0 Å². The molecule has 2 aliphatic carbocycles. The number of likely N-dealkylation sites (tertiary alicyclic amines) is 1. The van der Waals surface area contributed by atoms with Crippen LogP contribution in [0.25, 0.3) is 6.08 Å². The van der Waals surface area contributed by atoms with Gasteiger partial charge < -0.3 is 20.4 Å². The van der Waals surface area contributed by atoms with Crippen LogP contribution in [0.2, 0.25) is 0 Å². The standard InChI is InChI=1S/C16H22N4O3.C15H20N2S/c1-4-20(9-10(2)3)16(23)15(22)19-11-7-12-13(18-8-11)5-6-17-14(12)21;1-2-4-14-13(3-1)16-15(18-14)11-7-9-17(10-8-11)12-5-6-12/h7-8,10H,4-6,9H2,1-3H3,(H,17,21)(H,19,22);1,3,11-12H,2,4-10H2. The summed E-state index contributed by atoms with van der Waals surface area (Å²) in [6, 6.07) is 2.50. The number of aromatic nitrogens is 2. The van der Waals surface area contributed by atoms with E-state index in [0.717, 1.165) is 12.0 Å². The number of likely N-dealkylation sites (N-methyl/N-ethyl adjacent to an activating group) is 1. The maximum Gasteiger partial charge on any atom is 0.313 e. The summed E-state index contributed by atoms with van der Waals surface area (Å²) >= 11 is 1.99. The van der Waals surface area contributed by atoms with Gasteiger partial charge in [-0.05, 0) is 76.6 Å². The van der Waals surface area contributed by atoms with Crippen LogP contribution in [-0.2, 0) is 22.4 Å². The second-order valence-electron chi connectivity index (χ2n) is 11.8. The van der Waals surface area contributed by atoms with Crippen LogP contribution < -0.4 is 10.6 Å². The molecule has 6 rings (SSSR count). The number of piperidine rings is 1. The lowest BCUT2D eigenvalue weighted by atomic mass is 9.97. The Balaban J connectivity index is 0.000000168. The number of allylic oxidation sites excluding steroid dienone is 1. The zero-order chi connectivity index (χ0) is 28.9. The number of carbonyl (C=O) groups is 3. The van der Waals surface area contributed by atoms with Crippen molar-refractivity contribution in [2.45, 2.75) is 77.7 Å². The molecule has 0 unspecified atom stereocenters. The van der Waals surface area contributed by atoms with E-state index >= 15 is 0 Å². The maximum atomic E-state index is 12.2. The van der Waals surface area contributed by atoms with Crippen molar-refractivity contribution < 1.29 is 14.4 Å². The van der Waals surface area contributed by atoms with E-state index in [0.29, 0.717) is 43.0 Å². The number of rotatable bonds is 6. The van der Waals surface area contributed by atoms with E-state index in [9.17, 15) is 14.4 Å². The first-order valence-corrected chi connectivity index (χ1v) is 15.9. The zero-order valence-corrected chi connectivity index (χ0v) is 25.3. The third-order valence-corrected chi connectivity index (χ3v) is 9.36. The number of thiazole rings is 1. The smallest absolute Gasteiger partial charge is 0.313 e. The first-order chi connectivity index (χ1) is 19.8. The van der Waals surface area contributed by atoms with E-state index in [2.05, 4.69) is 32.7 Å². The number of amides is 3. The Labute approximate surface area is 246 Å². The van der Waals surface area contributed by atoms with E-state index in [1.54, 1.807) is 6.07 Å². The molecule has 3 amide bonds. The number of aryl methyl sites for hydroxylation is 1.